The first-order valence-electron chi connectivity index (χ1n) is 9.43. The molecule has 0 unspecified atom stereocenters. The van der Waals surface area contributed by atoms with Crippen molar-refractivity contribution in [2.24, 2.45) is 0 Å². The minimum Gasteiger partial charge on any atom is -0.491 e. The van der Waals surface area contributed by atoms with Gasteiger partial charge in [-0.2, -0.15) is 5.10 Å². The van der Waals surface area contributed by atoms with Gasteiger partial charge in [0.05, 0.1) is 47.8 Å². The molecule has 31 heavy (non-hydrogen) atoms. The summed E-state index contributed by atoms with van der Waals surface area (Å²) in [6.45, 7) is 2.41. The molecule has 1 aliphatic heterocycles. The minimum absolute atomic E-state index is 0.0232. The Morgan fingerprint density at radius 2 is 2.13 bits per heavy atom. The number of aryl methyl sites for hydroxylation is 1. The highest BCUT2D eigenvalue weighted by Gasteiger charge is 2.31. The van der Waals surface area contributed by atoms with Crippen LogP contribution < -0.4 is 4.74 Å². The van der Waals surface area contributed by atoms with Gasteiger partial charge in [0.1, 0.15) is 18.2 Å². The lowest BCUT2D eigenvalue weighted by Gasteiger charge is -2.19. The maximum absolute atomic E-state index is 13.8. The summed E-state index contributed by atoms with van der Waals surface area (Å²) in [5.41, 5.74) is 3.05. The van der Waals surface area contributed by atoms with Crippen LogP contribution in [0.4, 0.5) is 9.18 Å². The summed E-state index contributed by atoms with van der Waals surface area (Å²) in [5, 5.41) is 13.9. The van der Waals surface area contributed by atoms with Crippen LogP contribution in [0.1, 0.15) is 27.3 Å². The third-order valence-electron chi connectivity index (χ3n) is 5.08. The molecule has 3 heterocycles. The van der Waals surface area contributed by atoms with Crippen LogP contribution in [0.3, 0.4) is 0 Å². The van der Waals surface area contributed by atoms with Gasteiger partial charge >= 0.3 is 6.09 Å². The van der Waals surface area contributed by atoms with Crippen LogP contribution in [-0.4, -0.2) is 61.7 Å². The number of fused-ring (bicyclic) bond motifs is 3. The standard InChI is InChI=1S/C20H19ClFN5O4/c1-11-15(21)9-27-18(23-11)14-8-26(10-16(14)24-27)19(28)13-4-3-12(22)7-17(13)31-6-5-25(2)20(29)30/h3-4,7,9H,5-6,8,10H2,1-2H3,(H,29,30). The first-order valence-corrected chi connectivity index (χ1v) is 9.81. The molecule has 9 nitrogen and oxygen atoms in total. The zero-order valence-electron chi connectivity index (χ0n) is 16.8. The lowest BCUT2D eigenvalue weighted by Crippen LogP contribution is -2.30. The predicted octanol–water partition coefficient (Wildman–Crippen LogP) is 2.97. The second-order valence-corrected chi connectivity index (χ2v) is 7.63. The molecule has 2 amide bonds. The normalized spacial score (nSPS) is 12.8. The molecule has 0 fully saturated rings. The van der Waals surface area contributed by atoms with Gasteiger partial charge in [-0.15, -0.1) is 0 Å². The lowest BCUT2D eigenvalue weighted by atomic mass is 10.1. The first kappa shape index (κ1) is 20.9. The molecule has 0 spiro atoms. The number of nitrogens with zero attached hydrogens (tertiary/aromatic N) is 5. The molecule has 0 bridgehead atoms. The Hall–Kier alpha value is -3.40. The van der Waals surface area contributed by atoms with Crippen molar-refractivity contribution in [1.82, 2.24) is 24.4 Å². The van der Waals surface area contributed by atoms with Gasteiger partial charge < -0.3 is 19.6 Å². The molecule has 0 atom stereocenters. The number of hydrogen-bond donors (Lipinski definition) is 1. The lowest BCUT2D eigenvalue weighted by molar-refractivity contribution is 0.0744. The van der Waals surface area contributed by atoms with Crippen LogP contribution >= 0.6 is 11.6 Å². The summed E-state index contributed by atoms with van der Waals surface area (Å²) >= 11 is 6.11. The molecular weight excluding hydrogens is 429 g/mol. The molecule has 0 aliphatic carbocycles. The van der Waals surface area contributed by atoms with E-state index in [0.29, 0.717) is 22.9 Å². The van der Waals surface area contributed by atoms with E-state index in [1.165, 1.54) is 19.2 Å². The van der Waals surface area contributed by atoms with Crippen molar-refractivity contribution in [3.63, 3.8) is 0 Å². The monoisotopic (exact) mass is 447 g/mol. The van der Waals surface area contributed by atoms with Gasteiger partial charge in [-0.3, -0.25) is 4.79 Å². The highest BCUT2D eigenvalue weighted by atomic mass is 35.5. The number of hydrogen-bond acceptors (Lipinski definition) is 5. The fraction of sp³-hybridized carbons (Fsp3) is 0.300. The number of carbonyl (C=O) groups excluding carboxylic acids is 1. The smallest absolute Gasteiger partial charge is 0.407 e. The first-order chi connectivity index (χ1) is 14.7. The van der Waals surface area contributed by atoms with Crippen LogP contribution in [0.2, 0.25) is 5.02 Å². The summed E-state index contributed by atoms with van der Waals surface area (Å²) in [4.78, 5) is 31.1. The Morgan fingerprint density at radius 3 is 2.87 bits per heavy atom. The van der Waals surface area contributed by atoms with Crippen molar-refractivity contribution in [3.8, 4) is 5.75 Å². The Balaban J connectivity index is 1.54. The number of rotatable bonds is 5. The van der Waals surface area contributed by atoms with E-state index >= 15 is 0 Å². The van der Waals surface area contributed by atoms with Gasteiger partial charge in [0.25, 0.3) is 5.91 Å². The SMILES string of the molecule is Cc1nc2c3c(nn2cc1Cl)CN(C(=O)c1ccc(F)cc1OCCN(C)C(=O)O)C3. The Kier molecular flexibility index (Phi) is 5.40. The molecule has 3 aromatic rings. The van der Waals surface area contributed by atoms with E-state index in [1.54, 1.807) is 22.5 Å². The number of likely N-dealkylation sites (N-methyl/N-ethyl adjacent to an activating group) is 1. The average Bonchev–Trinajstić information content (AvgIpc) is 3.26. The second kappa shape index (κ2) is 8.03. The molecule has 1 aromatic carbocycles. The Bertz CT molecular complexity index is 1200. The van der Waals surface area contributed by atoms with Gasteiger partial charge in [0.2, 0.25) is 0 Å². The molecule has 162 valence electrons. The summed E-state index contributed by atoms with van der Waals surface area (Å²) in [7, 11) is 1.39. The van der Waals surface area contributed by atoms with E-state index < -0.39 is 11.9 Å². The molecule has 0 saturated heterocycles. The maximum Gasteiger partial charge on any atom is 0.407 e. The fourth-order valence-electron chi connectivity index (χ4n) is 3.34. The van der Waals surface area contributed by atoms with Gasteiger partial charge in [0, 0.05) is 18.7 Å². The van der Waals surface area contributed by atoms with Crippen molar-refractivity contribution >= 4 is 29.2 Å². The number of carbonyl (C=O) groups is 2. The van der Waals surface area contributed by atoms with Crippen molar-refractivity contribution in [1.29, 1.82) is 0 Å². The molecule has 11 heteroatoms. The number of benzene rings is 1. The zero-order chi connectivity index (χ0) is 22.3. The van der Waals surface area contributed by atoms with Crippen LogP contribution in [-0.2, 0) is 13.1 Å². The highest BCUT2D eigenvalue weighted by molar-refractivity contribution is 6.31. The summed E-state index contributed by atoms with van der Waals surface area (Å²) in [5.74, 6) is -0.844. The average molecular weight is 448 g/mol. The molecule has 1 aliphatic rings. The van der Waals surface area contributed by atoms with Crippen molar-refractivity contribution in [2.45, 2.75) is 20.0 Å². The molecule has 0 saturated carbocycles. The third kappa shape index (κ3) is 3.98. The van der Waals surface area contributed by atoms with E-state index in [-0.39, 0.29) is 36.9 Å². The Labute approximate surface area is 181 Å². The van der Waals surface area contributed by atoms with E-state index in [4.69, 9.17) is 21.4 Å². The zero-order valence-corrected chi connectivity index (χ0v) is 17.6. The predicted molar refractivity (Wildman–Crippen MR) is 109 cm³/mol. The molecular formula is C20H19ClFN5O4. The van der Waals surface area contributed by atoms with E-state index in [2.05, 4.69) is 10.1 Å². The number of aromatic nitrogens is 3. The van der Waals surface area contributed by atoms with Gasteiger partial charge in [-0.1, -0.05) is 11.6 Å². The molecule has 2 aromatic heterocycles. The number of halogens is 2. The number of amides is 2. The maximum atomic E-state index is 13.8. The van der Waals surface area contributed by atoms with Gasteiger partial charge in [-0.05, 0) is 19.1 Å². The second-order valence-electron chi connectivity index (χ2n) is 7.22. The number of carboxylic acid groups (broad SMARTS) is 1. The fourth-order valence-corrected chi connectivity index (χ4v) is 3.47. The van der Waals surface area contributed by atoms with Crippen molar-refractivity contribution in [3.05, 3.63) is 57.8 Å². The Morgan fingerprint density at radius 1 is 1.35 bits per heavy atom. The molecule has 0 radical (unpaired) electrons. The van der Waals surface area contributed by atoms with Crippen LogP contribution in [0, 0.1) is 12.7 Å². The van der Waals surface area contributed by atoms with Crippen molar-refractivity contribution < 1.29 is 23.8 Å². The van der Waals surface area contributed by atoms with Crippen LogP contribution in [0.15, 0.2) is 24.4 Å². The van der Waals surface area contributed by atoms with Crippen LogP contribution in [0.25, 0.3) is 5.65 Å². The largest absolute Gasteiger partial charge is 0.491 e. The number of ether oxygens (including phenoxy) is 1. The van der Waals surface area contributed by atoms with E-state index in [0.717, 1.165) is 22.2 Å². The summed E-state index contributed by atoms with van der Waals surface area (Å²) in [6, 6.07) is 3.66. The molecule has 4 rings (SSSR count). The summed E-state index contributed by atoms with van der Waals surface area (Å²) < 4.78 is 20.9. The van der Waals surface area contributed by atoms with Crippen molar-refractivity contribution in [2.75, 3.05) is 20.2 Å². The van der Waals surface area contributed by atoms with Gasteiger partial charge in [0.15, 0.2) is 5.65 Å². The van der Waals surface area contributed by atoms with Crippen LogP contribution in [0.5, 0.6) is 5.75 Å². The van der Waals surface area contributed by atoms with E-state index in [9.17, 15) is 14.0 Å². The quantitative estimate of drug-likeness (QED) is 0.645. The third-order valence-corrected chi connectivity index (χ3v) is 5.45. The minimum atomic E-state index is -1.11. The van der Waals surface area contributed by atoms with Gasteiger partial charge in [-0.25, -0.2) is 18.7 Å². The molecule has 1 N–H and O–H groups in total. The topological polar surface area (TPSA) is 100 Å². The van der Waals surface area contributed by atoms with E-state index in [1.807, 2.05) is 0 Å². The summed E-state index contributed by atoms with van der Waals surface area (Å²) in [6.07, 6.45) is 0.577. The highest BCUT2D eigenvalue weighted by Crippen LogP contribution is 2.30.